The topological polar surface area (TPSA) is 35.6 Å². The Morgan fingerprint density at radius 1 is 1.30 bits per heavy atom. The molecule has 2 fully saturated rings. The molecule has 2 saturated heterocycles. The second-order valence-corrected chi connectivity index (χ2v) is 6.00. The van der Waals surface area contributed by atoms with Gasteiger partial charge in [-0.2, -0.15) is 0 Å². The monoisotopic (exact) mass is 325 g/mol. The van der Waals surface area contributed by atoms with Crippen LogP contribution in [0.15, 0.2) is 0 Å². The Labute approximate surface area is 135 Å². The van der Waals surface area contributed by atoms with E-state index in [9.17, 15) is 4.79 Å². The Balaban J connectivity index is 0.00000180. The minimum absolute atomic E-state index is 0. The van der Waals surface area contributed by atoms with Gasteiger partial charge >= 0.3 is 0 Å². The summed E-state index contributed by atoms with van der Waals surface area (Å²) in [5, 5.41) is 3.37. The van der Waals surface area contributed by atoms with Crippen molar-refractivity contribution in [3.8, 4) is 0 Å². The minimum Gasteiger partial charge on any atom is -0.341 e. The SMILES string of the molecule is CN(C)C1CCCN(C(=O)CCC2CCNC2)C1.Cl.Cl. The molecule has 20 heavy (non-hydrogen) atoms. The number of likely N-dealkylation sites (tertiary alicyclic amines) is 1. The van der Waals surface area contributed by atoms with Crippen LogP contribution in [0.5, 0.6) is 0 Å². The van der Waals surface area contributed by atoms with Gasteiger partial charge in [-0.1, -0.05) is 0 Å². The van der Waals surface area contributed by atoms with Crippen molar-refractivity contribution in [1.29, 1.82) is 0 Å². The number of halogens is 2. The molecule has 0 bridgehead atoms. The molecule has 2 aliphatic rings. The van der Waals surface area contributed by atoms with Gasteiger partial charge in [0, 0.05) is 25.6 Å². The summed E-state index contributed by atoms with van der Waals surface area (Å²) in [6, 6.07) is 0.552. The summed E-state index contributed by atoms with van der Waals surface area (Å²) in [6.45, 7) is 4.12. The molecule has 0 saturated carbocycles. The van der Waals surface area contributed by atoms with Crippen molar-refractivity contribution < 1.29 is 4.79 Å². The maximum Gasteiger partial charge on any atom is 0.222 e. The number of rotatable bonds is 4. The number of hydrogen-bond donors (Lipinski definition) is 1. The van der Waals surface area contributed by atoms with Gasteiger partial charge in [-0.15, -0.1) is 24.8 Å². The first-order valence-electron chi connectivity index (χ1n) is 7.31. The molecule has 2 rings (SSSR count). The highest BCUT2D eigenvalue weighted by molar-refractivity contribution is 5.85. The molecule has 0 spiro atoms. The summed E-state index contributed by atoms with van der Waals surface area (Å²) in [6.07, 6.45) is 5.43. The number of carbonyl (C=O) groups excluding carboxylic acids is 1. The first-order chi connectivity index (χ1) is 8.66. The van der Waals surface area contributed by atoms with Gasteiger partial charge in [0.05, 0.1) is 0 Å². The Morgan fingerprint density at radius 3 is 2.65 bits per heavy atom. The Morgan fingerprint density at radius 2 is 2.05 bits per heavy atom. The molecule has 0 aromatic carbocycles. The molecular weight excluding hydrogens is 297 g/mol. The number of hydrogen-bond acceptors (Lipinski definition) is 3. The van der Waals surface area contributed by atoms with Gasteiger partial charge in [-0.05, 0) is 58.8 Å². The van der Waals surface area contributed by atoms with E-state index < -0.39 is 0 Å². The van der Waals surface area contributed by atoms with Crippen molar-refractivity contribution in [2.75, 3.05) is 40.3 Å². The Kier molecular flexibility index (Phi) is 9.81. The van der Waals surface area contributed by atoms with Crippen LogP contribution in [0.4, 0.5) is 0 Å². The second-order valence-electron chi connectivity index (χ2n) is 6.00. The number of amides is 1. The van der Waals surface area contributed by atoms with Crippen molar-refractivity contribution in [3.05, 3.63) is 0 Å². The highest BCUT2D eigenvalue weighted by Crippen LogP contribution is 2.18. The zero-order chi connectivity index (χ0) is 13.0. The molecule has 2 unspecified atom stereocenters. The largest absolute Gasteiger partial charge is 0.341 e. The maximum atomic E-state index is 12.2. The molecule has 0 aliphatic carbocycles. The summed E-state index contributed by atoms with van der Waals surface area (Å²) in [7, 11) is 4.23. The van der Waals surface area contributed by atoms with E-state index in [1.165, 1.54) is 12.8 Å². The smallest absolute Gasteiger partial charge is 0.222 e. The third-order valence-corrected chi connectivity index (χ3v) is 4.41. The van der Waals surface area contributed by atoms with Crippen LogP contribution in [-0.2, 0) is 4.79 Å². The summed E-state index contributed by atoms with van der Waals surface area (Å²) in [4.78, 5) is 16.5. The fraction of sp³-hybridized carbons (Fsp3) is 0.929. The average molecular weight is 326 g/mol. The van der Waals surface area contributed by atoms with Crippen LogP contribution < -0.4 is 5.32 Å². The van der Waals surface area contributed by atoms with Crippen LogP contribution in [0, 0.1) is 5.92 Å². The molecule has 4 nitrogen and oxygen atoms in total. The number of nitrogens with zero attached hydrogens (tertiary/aromatic N) is 2. The quantitative estimate of drug-likeness (QED) is 0.855. The molecule has 120 valence electrons. The fourth-order valence-corrected chi connectivity index (χ4v) is 3.05. The number of nitrogens with one attached hydrogen (secondary N) is 1. The zero-order valence-electron chi connectivity index (χ0n) is 12.6. The van der Waals surface area contributed by atoms with Crippen LogP contribution in [0.1, 0.15) is 32.1 Å². The molecule has 1 N–H and O–H groups in total. The molecule has 0 aromatic heterocycles. The van der Waals surface area contributed by atoms with Crippen LogP contribution >= 0.6 is 24.8 Å². The van der Waals surface area contributed by atoms with Gasteiger partial charge in [0.1, 0.15) is 0 Å². The lowest BCUT2D eigenvalue weighted by Crippen LogP contribution is -2.47. The molecule has 0 radical (unpaired) electrons. The normalized spacial score (nSPS) is 26.1. The van der Waals surface area contributed by atoms with Gasteiger partial charge in [-0.3, -0.25) is 4.79 Å². The van der Waals surface area contributed by atoms with Gasteiger partial charge in [-0.25, -0.2) is 0 Å². The molecule has 1 amide bonds. The second kappa shape index (κ2) is 9.82. The number of carbonyl (C=O) groups is 1. The van der Waals surface area contributed by atoms with Crippen molar-refractivity contribution in [2.45, 2.75) is 38.1 Å². The van der Waals surface area contributed by atoms with E-state index in [4.69, 9.17) is 0 Å². The van der Waals surface area contributed by atoms with E-state index in [-0.39, 0.29) is 24.8 Å². The molecular formula is C14H29Cl2N3O. The first kappa shape index (κ1) is 20.0. The standard InChI is InChI=1S/C14H27N3O.2ClH/c1-16(2)13-4-3-9-17(11-13)14(18)6-5-12-7-8-15-10-12;;/h12-13,15H,3-11H2,1-2H3;2*1H. The highest BCUT2D eigenvalue weighted by Gasteiger charge is 2.25. The lowest BCUT2D eigenvalue weighted by Gasteiger charge is -2.36. The maximum absolute atomic E-state index is 12.2. The Bertz CT molecular complexity index is 284. The van der Waals surface area contributed by atoms with Crippen molar-refractivity contribution in [3.63, 3.8) is 0 Å². The summed E-state index contributed by atoms with van der Waals surface area (Å²) in [5.74, 6) is 1.09. The van der Waals surface area contributed by atoms with Crippen LogP contribution in [0.3, 0.4) is 0 Å². The third-order valence-electron chi connectivity index (χ3n) is 4.41. The molecule has 6 heteroatoms. The van der Waals surface area contributed by atoms with Gasteiger partial charge < -0.3 is 15.1 Å². The fourth-order valence-electron chi connectivity index (χ4n) is 3.05. The van der Waals surface area contributed by atoms with E-state index in [0.717, 1.165) is 51.4 Å². The Hall–Kier alpha value is -0.0300. The van der Waals surface area contributed by atoms with E-state index in [1.54, 1.807) is 0 Å². The first-order valence-corrected chi connectivity index (χ1v) is 7.31. The lowest BCUT2D eigenvalue weighted by molar-refractivity contribution is -0.133. The van der Waals surface area contributed by atoms with Gasteiger partial charge in [0.2, 0.25) is 5.91 Å². The molecule has 2 heterocycles. The minimum atomic E-state index is 0. The van der Waals surface area contributed by atoms with Gasteiger partial charge in [0.25, 0.3) is 0 Å². The predicted octanol–water partition coefficient (Wildman–Crippen LogP) is 1.77. The molecule has 2 atom stereocenters. The third kappa shape index (κ3) is 5.76. The van der Waals surface area contributed by atoms with Crippen molar-refractivity contribution in [1.82, 2.24) is 15.1 Å². The van der Waals surface area contributed by atoms with Crippen molar-refractivity contribution in [2.24, 2.45) is 5.92 Å². The lowest BCUT2D eigenvalue weighted by atomic mass is 10.0. The molecule has 2 aliphatic heterocycles. The molecule has 0 aromatic rings. The van der Waals surface area contributed by atoms with E-state index >= 15 is 0 Å². The summed E-state index contributed by atoms with van der Waals surface area (Å²) in [5.41, 5.74) is 0. The summed E-state index contributed by atoms with van der Waals surface area (Å²) < 4.78 is 0. The van der Waals surface area contributed by atoms with E-state index in [0.29, 0.717) is 11.9 Å². The summed E-state index contributed by atoms with van der Waals surface area (Å²) >= 11 is 0. The van der Waals surface area contributed by atoms with E-state index in [2.05, 4.69) is 29.2 Å². The van der Waals surface area contributed by atoms with Crippen molar-refractivity contribution >= 4 is 30.7 Å². The van der Waals surface area contributed by atoms with Gasteiger partial charge in [0.15, 0.2) is 0 Å². The van der Waals surface area contributed by atoms with Crippen LogP contribution in [-0.4, -0.2) is 62.0 Å². The van der Waals surface area contributed by atoms with Crippen LogP contribution in [0.2, 0.25) is 0 Å². The number of piperidine rings is 1. The predicted molar refractivity (Wildman–Crippen MR) is 88.0 cm³/mol. The van der Waals surface area contributed by atoms with Crippen LogP contribution in [0.25, 0.3) is 0 Å². The number of likely N-dealkylation sites (N-methyl/N-ethyl adjacent to an activating group) is 1. The van der Waals surface area contributed by atoms with E-state index in [1.807, 2.05) is 0 Å². The zero-order valence-corrected chi connectivity index (χ0v) is 14.3. The average Bonchev–Trinajstić information content (AvgIpc) is 2.89. The highest BCUT2D eigenvalue weighted by atomic mass is 35.5.